The summed E-state index contributed by atoms with van der Waals surface area (Å²) in [6, 6.07) is 8.06. The van der Waals surface area contributed by atoms with E-state index in [1.807, 2.05) is 18.2 Å². The average Bonchev–Trinajstić information content (AvgIpc) is 2.82. The van der Waals surface area contributed by atoms with Crippen molar-refractivity contribution >= 4 is 12.4 Å². The highest BCUT2D eigenvalue weighted by Crippen LogP contribution is 2.32. The average molecular weight is 214 g/mol. The summed E-state index contributed by atoms with van der Waals surface area (Å²) in [7, 11) is 0. The number of ether oxygens (including phenoxy) is 1. The first-order chi connectivity index (χ1) is 6.18. The van der Waals surface area contributed by atoms with Crippen LogP contribution < -0.4 is 10.5 Å². The van der Waals surface area contributed by atoms with Crippen LogP contribution in [0.25, 0.3) is 0 Å². The third kappa shape index (κ3) is 2.89. The van der Waals surface area contributed by atoms with E-state index in [2.05, 4.69) is 13.0 Å². The highest BCUT2D eigenvalue weighted by molar-refractivity contribution is 5.85. The van der Waals surface area contributed by atoms with E-state index in [1.165, 1.54) is 5.56 Å². The Bertz CT molecular complexity index is 310. The minimum Gasteiger partial charge on any atom is -0.492 e. The maximum atomic E-state index is 5.91. The minimum absolute atomic E-state index is 0. The molecule has 1 aliphatic carbocycles. The van der Waals surface area contributed by atoms with E-state index in [-0.39, 0.29) is 17.9 Å². The van der Waals surface area contributed by atoms with Gasteiger partial charge in [-0.25, -0.2) is 0 Å². The Balaban J connectivity index is 0.000000980. The lowest BCUT2D eigenvalue weighted by Gasteiger charge is -2.11. The molecule has 1 aromatic rings. The largest absolute Gasteiger partial charge is 0.492 e. The first-order valence-corrected chi connectivity index (χ1v) is 4.66. The van der Waals surface area contributed by atoms with Crippen molar-refractivity contribution in [3.05, 3.63) is 29.8 Å². The van der Waals surface area contributed by atoms with Gasteiger partial charge in [0, 0.05) is 0 Å². The fraction of sp³-hybridized carbons (Fsp3) is 0.455. The molecule has 1 aromatic carbocycles. The van der Waals surface area contributed by atoms with Gasteiger partial charge in [0.25, 0.3) is 0 Å². The standard InChI is InChI=1S/C11H15NO.ClH/c1-9-3-2-4-10(7-9)13-8-11(12)5-6-11;/h2-4,7H,5-6,8,12H2,1H3;1H. The van der Waals surface area contributed by atoms with Gasteiger partial charge in [-0.1, -0.05) is 12.1 Å². The van der Waals surface area contributed by atoms with Crippen molar-refractivity contribution < 1.29 is 4.74 Å². The monoisotopic (exact) mass is 213 g/mol. The molecule has 2 rings (SSSR count). The van der Waals surface area contributed by atoms with Gasteiger partial charge < -0.3 is 10.5 Å². The fourth-order valence-electron chi connectivity index (χ4n) is 1.24. The van der Waals surface area contributed by atoms with Crippen molar-refractivity contribution in [3.8, 4) is 5.75 Å². The SMILES string of the molecule is Cc1cccc(OCC2(N)CC2)c1.Cl. The molecular formula is C11H16ClNO. The third-order valence-corrected chi connectivity index (χ3v) is 2.41. The Kier molecular flexibility index (Phi) is 3.40. The second-order valence-corrected chi connectivity index (χ2v) is 3.97. The number of benzene rings is 1. The predicted molar refractivity (Wildman–Crippen MR) is 60.1 cm³/mol. The van der Waals surface area contributed by atoms with Crippen molar-refractivity contribution in [2.45, 2.75) is 25.3 Å². The molecule has 0 aromatic heterocycles. The Labute approximate surface area is 90.9 Å². The molecule has 2 N–H and O–H groups in total. The number of nitrogens with two attached hydrogens (primary N) is 1. The van der Waals surface area contributed by atoms with Gasteiger partial charge in [-0.2, -0.15) is 0 Å². The van der Waals surface area contributed by atoms with Gasteiger partial charge in [0.15, 0.2) is 0 Å². The Morgan fingerprint density at radius 1 is 1.43 bits per heavy atom. The van der Waals surface area contributed by atoms with Crippen LogP contribution in [-0.4, -0.2) is 12.1 Å². The molecule has 0 aliphatic heterocycles. The summed E-state index contributed by atoms with van der Waals surface area (Å²) in [4.78, 5) is 0. The predicted octanol–water partition coefficient (Wildman–Crippen LogP) is 2.29. The Morgan fingerprint density at radius 3 is 2.71 bits per heavy atom. The van der Waals surface area contributed by atoms with Gasteiger partial charge in [0.05, 0.1) is 5.54 Å². The number of aryl methyl sites for hydroxylation is 1. The third-order valence-electron chi connectivity index (χ3n) is 2.41. The molecule has 1 fully saturated rings. The maximum Gasteiger partial charge on any atom is 0.119 e. The van der Waals surface area contributed by atoms with Crippen molar-refractivity contribution in [1.29, 1.82) is 0 Å². The van der Waals surface area contributed by atoms with Gasteiger partial charge >= 0.3 is 0 Å². The number of rotatable bonds is 3. The minimum atomic E-state index is -0.0241. The number of hydrogen-bond donors (Lipinski definition) is 1. The molecule has 0 spiro atoms. The number of halogens is 1. The molecule has 1 saturated carbocycles. The summed E-state index contributed by atoms with van der Waals surface area (Å²) in [6.45, 7) is 2.71. The zero-order valence-corrected chi connectivity index (χ0v) is 9.14. The zero-order chi connectivity index (χ0) is 9.31. The lowest BCUT2D eigenvalue weighted by atomic mass is 10.2. The highest BCUT2D eigenvalue weighted by Gasteiger charge is 2.39. The van der Waals surface area contributed by atoms with E-state index >= 15 is 0 Å². The summed E-state index contributed by atoms with van der Waals surface area (Å²) in [6.07, 6.45) is 2.19. The lowest BCUT2D eigenvalue weighted by molar-refractivity contribution is 0.279. The van der Waals surface area contributed by atoms with Crippen LogP contribution in [0.5, 0.6) is 5.75 Å². The molecule has 1 aliphatic rings. The summed E-state index contributed by atoms with van der Waals surface area (Å²) >= 11 is 0. The van der Waals surface area contributed by atoms with Crippen LogP contribution in [0, 0.1) is 6.92 Å². The molecule has 0 amide bonds. The van der Waals surface area contributed by atoms with Crippen molar-refractivity contribution in [1.82, 2.24) is 0 Å². The number of hydrogen-bond acceptors (Lipinski definition) is 2. The van der Waals surface area contributed by atoms with Crippen molar-refractivity contribution in [3.63, 3.8) is 0 Å². The Morgan fingerprint density at radius 2 is 2.14 bits per heavy atom. The van der Waals surface area contributed by atoms with Crippen LogP contribution in [0.3, 0.4) is 0 Å². The maximum absolute atomic E-state index is 5.91. The molecule has 0 heterocycles. The second kappa shape index (κ2) is 4.20. The Hall–Kier alpha value is -0.730. The lowest BCUT2D eigenvalue weighted by Crippen LogP contribution is -2.29. The van der Waals surface area contributed by atoms with E-state index in [4.69, 9.17) is 10.5 Å². The summed E-state index contributed by atoms with van der Waals surface area (Å²) in [5.74, 6) is 0.928. The quantitative estimate of drug-likeness (QED) is 0.836. The molecule has 0 bridgehead atoms. The van der Waals surface area contributed by atoms with Crippen LogP contribution in [0.1, 0.15) is 18.4 Å². The van der Waals surface area contributed by atoms with E-state index in [0.29, 0.717) is 6.61 Å². The van der Waals surface area contributed by atoms with E-state index < -0.39 is 0 Å². The molecule has 0 saturated heterocycles. The highest BCUT2D eigenvalue weighted by atomic mass is 35.5. The van der Waals surface area contributed by atoms with Gasteiger partial charge in [0.2, 0.25) is 0 Å². The van der Waals surface area contributed by atoms with E-state index in [0.717, 1.165) is 18.6 Å². The van der Waals surface area contributed by atoms with Gasteiger partial charge in [-0.15, -0.1) is 12.4 Å². The molecule has 2 nitrogen and oxygen atoms in total. The normalized spacial score (nSPS) is 17.0. The van der Waals surface area contributed by atoms with Crippen LogP contribution in [0.15, 0.2) is 24.3 Å². The summed E-state index contributed by atoms with van der Waals surface area (Å²) in [5.41, 5.74) is 7.11. The molecule has 3 heteroatoms. The fourth-order valence-corrected chi connectivity index (χ4v) is 1.24. The first-order valence-electron chi connectivity index (χ1n) is 4.66. The molecule has 14 heavy (non-hydrogen) atoms. The van der Waals surface area contributed by atoms with Gasteiger partial charge in [-0.3, -0.25) is 0 Å². The van der Waals surface area contributed by atoms with Crippen LogP contribution >= 0.6 is 12.4 Å². The summed E-state index contributed by atoms with van der Waals surface area (Å²) in [5, 5.41) is 0. The smallest absolute Gasteiger partial charge is 0.119 e. The molecule has 0 atom stereocenters. The van der Waals surface area contributed by atoms with Crippen LogP contribution in [-0.2, 0) is 0 Å². The second-order valence-electron chi connectivity index (χ2n) is 3.97. The van der Waals surface area contributed by atoms with Gasteiger partial charge in [0.1, 0.15) is 12.4 Å². The topological polar surface area (TPSA) is 35.2 Å². The first kappa shape index (κ1) is 11.3. The molecule has 0 unspecified atom stereocenters. The van der Waals surface area contributed by atoms with Crippen molar-refractivity contribution in [2.75, 3.05) is 6.61 Å². The van der Waals surface area contributed by atoms with Crippen LogP contribution in [0.2, 0.25) is 0 Å². The van der Waals surface area contributed by atoms with Crippen LogP contribution in [0.4, 0.5) is 0 Å². The zero-order valence-electron chi connectivity index (χ0n) is 8.32. The molecular weight excluding hydrogens is 198 g/mol. The van der Waals surface area contributed by atoms with Gasteiger partial charge in [-0.05, 0) is 37.5 Å². The van der Waals surface area contributed by atoms with Crippen molar-refractivity contribution in [2.24, 2.45) is 5.73 Å². The molecule has 78 valence electrons. The molecule has 0 radical (unpaired) electrons. The van der Waals surface area contributed by atoms with E-state index in [1.54, 1.807) is 0 Å². The summed E-state index contributed by atoms with van der Waals surface area (Å²) < 4.78 is 5.59. The van der Waals surface area contributed by atoms with E-state index in [9.17, 15) is 0 Å².